The standard InChI is InChI=1S/C9H12NOPS/c10-9(13)6-7-12(11)8-4-2-1-3-5-8/h1-5,11H,6-7H2,(H2,10,13). The Labute approximate surface area is 84.6 Å². The molecule has 0 saturated carbocycles. The first-order valence-electron chi connectivity index (χ1n) is 4.00. The second kappa shape index (κ2) is 5.28. The Hall–Kier alpha value is -0.500. The van der Waals surface area contributed by atoms with Crippen LogP contribution in [0.25, 0.3) is 0 Å². The van der Waals surface area contributed by atoms with E-state index in [0.717, 1.165) is 5.30 Å². The van der Waals surface area contributed by atoms with Crippen molar-refractivity contribution in [1.29, 1.82) is 0 Å². The number of benzene rings is 1. The summed E-state index contributed by atoms with van der Waals surface area (Å²) in [4.78, 5) is 10.2. The quantitative estimate of drug-likeness (QED) is 0.586. The number of rotatable bonds is 4. The van der Waals surface area contributed by atoms with Crippen molar-refractivity contribution in [2.24, 2.45) is 5.73 Å². The Bertz CT molecular complexity index is 278. The summed E-state index contributed by atoms with van der Waals surface area (Å²) in [6.45, 7) is 0. The van der Waals surface area contributed by atoms with Crippen molar-refractivity contribution in [3.63, 3.8) is 0 Å². The second-order valence-corrected chi connectivity index (χ2v) is 4.96. The van der Waals surface area contributed by atoms with Gasteiger partial charge < -0.3 is 10.6 Å². The van der Waals surface area contributed by atoms with Crippen molar-refractivity contribution >= 4 is 30.7 Å². The normalized spacial score (nSPS) is 12.4. The van der Waals surface area contributed by atoms with E-state index in [1.807, 2.05) is 30.3 Å². The molecule has 2 nitrogen and oxygen atoms in total. The van der Waals surface area contributed by atoms with E-state index in [9.17, 15) is 4.89 Å². The van der Waals surface area contributed by atoms with Gasteiger partial charge in [0.25, 0.3) is 0 Å². The van der Waals surface area contributed by atoms with Gasteiger partial charge in [0.1, 0.15) is 0 Å². The zero-order valence-electron chi connectivity index (χ0n) is 7.18. The molecule has 1 rings (SSSR count). The molecule has 0 aliphatic heterocycles. The molecule has 1 aromatic rings. The van der Waals surface area contributed by atoms with Crippen molar-refractivity contribution < 1.29 is 4.89 Å². The number of hydrogen-bond acceptors (Lipinski definition) is 2. The van der Waals surface area contributed by atoms with Crippen LogP contribution in [0.5, 0.6) is 0 Å². The summed E-state index contributed by atoms with van der Waals surface area (Å²) < 4.78 is 0. The maximum absolute atomic E-state index is 9.72. The van der Waals surface area contributed by atoms with Gasteiger partial charge in [-0.15, -0.1) is 0 Å². The third-order valence-corrected chi connectivity index (χ3v) is 3.37. The zero-order valence-corrected chi connectivity index (χ0v) is 8.89. The highest BCUT2D eigenvalue weighted by atomic mass is 32.1. The first kappa shape index (κ1) is 10.6. The molecule has 0 bridgehead atoms. The molecule has 0 heterocycles. The van der Waals surface area contributed by atoms with Gasteiger partial charge in [-0.2, -0.15) is 0 Å². The Kier molecular flexibility index (Phi) is 4.29. The average Bonchev–Trinajstić information content (AvgIpc) is 2.15. The lowest BCUT2D eigenvalue weighted by atomic mass is 10.4. The summed E-state index contributed by atoms with van der Waals surface area (Å²) in [6, 6.07) is 9.61. The molecule has 4 heteroatoms. The van der Waals surface area contributed by atoms with E-state index in [0.29, 0.717) is 17.6 Å². The maximum atomic E-state index is 9.72. The lowest BCUT2D eigenvalue weighted by Crippen LogP contribution is -2.11. The molecule has 13 heavy (non-hydrogen) atoms. The minimum atomic E-state index is -1.08. The topological polar surface area (TPSA) is 46.2 Å². The van der Waals surface area contributed by atoms with Gasteiger partial charge in [0.2, 0.25) is 0 Å². The van der Waals surface area contributed by atoms with Crippen LogP contribution < -0.4 is 11.0 Å². The van der Waals surface area contributed by atoms with Crippen LogP contribution in [-0.2, 0) is 0 Å². The molecule has 0 aromatic heterocycles. The fourth-order valence-electron chi connectivity index (χ4n) is 0.945. The van der Waals surface area contributed by atoms with E-state index in [2.05, 4.69) is 0 Å². The summed E-state index contributed by atoms with van der Waals surface area (Å²) in [5.74, 6) is 0. The molecule has 0 amide bonds. The van der Waals surface area contributed by atoms with E-state index in [1.165, 1.54) is 0 Å². The molecule has 0 fully saturated rings. The van der Waals surface area contributed by atoms with E-state index in [4.69, 9.17) is 18.0 Å². The van der Waals surface area contributed by atoms with Gasteiger partial charge in [0, 0.05) is 17.9 Å². The van der Waals surface area contributed by atoms with Gasteiger partial charge in [-0.25, -0.2) is 0 Å². The monoisotopic (exact) mass is 213 g/mol. The Balaban J connectivity index is 2.49. The van der Waals surface area contributed by atoms with E-state index < -0.39 is 8.15 Å². The Morgan fingerprint density at radius 3 is 2.54 bits per heavy atom. The highest BCUT2D eigenvalue weighted by molar-refractivity contribution is 7.80. The SMILES string of the molecule is NC(=S)CCP(O)c1ccccc1. The Morgan fingerprint density at radius 1 is 1.38 bits per heavy atom. The number of thiocarbonyl (C=S) groups is 1. The van der Waals surface area contributed by atoms with Crippen LogP contribution in [0.2, 0.25) is 0 Å². The lowest BCUT2D eigenvalue weighted by molar-refractivity contribution is 0.634. The number of nitrogens with two attached hydrogens (primary N) is 1. The smallest absolute Gasteiger partial charge is 0.0731 e. The first-order chi connectivity index (χ1) is 6.20. The molecule has 0 spiro atoms. The molecule has 0 saturated heterocycles. The van der Waals surface area contributed by atoms with Crippen LogP contribution in [0.1, 0.15) is 6.42 Å². The van der Waals surface area contributed by atoms with Crippen LogP contribution in [0.4, 0.5) is 0 Å². The molecule has 70 valence electrons. The maximum Gasteiger partial charge on any atom is 0.0731 e. The first-order valence-corrected chi connectivity index (χ1v) is 5.88. The molecular formula is C9H12NOPS. The lowest BCUT2D eigenvalue weighted by Gasteiger charge is -2.09. The molecule has 1 unspecified atom stereocenters. The molecular weight excluding hydrogens is 201 g/mol. The van der Waals surface area contributed by atoms with Gasteiger partial charge in [-0.1, -0.05) is 42.5 Å². The van der Waals surface area contributed by atoms with Crippen molar-refractivity contribution in [1.82, 2.24) is 0 Å². The van der Waals surface area contributed by atoms with Crippen LogP contribution in [0.3, 0.4) is 0 Å². The van der Waals surface area contributed by atoms with Crippen LogP contribution in [-0.4, -0.2) is 16.0 Å². The minimum absolute atomic E-state index is 0.470. The van der Waals surface area contributed by atoms with E-state index in [-0.39, 0.29) is 0 Å². The number of hydrogen-bond donors (Lipinski definition) is 2. The minimum Gasteiger partial charge on any atom is -0.393 e. The van der Waals surface area contributed by atoms with Gasteiger partial charge in [0.05, 0.1) is 13.1 Å². The summed E-state index contributed by atoms with van der Waals surface area (Å²) in [7, 11) is -1.08. The third-order valence-electron chi connectivity index (χ3n) is 1.62. The third kappa shape index (κ3) is 3.81. The molecule has 0 radical (unpaired) electrons. The van der Waals surface area contributed by atoms with Gasteiger partial charge in [-0.3, -0.25) is 0 Å². The molecule has 1 atom stereocenters. The summed E-state index contributed by atoms with van der Waals surface area (Å²) in [5, 5.41) is 0.980. The molecule has 0 aliphatic carbocycles. The second-order valence-electron chi connectivity index (χ2n) is 2.68. The van der Waals surface area contributed by atoms with Crippen molar-refractivity contribution in [3.8, 4) is 0 Å². The van der Waals surface area contributed by atoms with Crippen LogP contribution >= 0.6 is 20.4 Å². The summed E-state index contributed by atoms with van der Waals surface area (Å²) in [5.41, 5.74) is 5.35. The zero-order chi connectivity index (χ0) is 9.68. The summed E-state index contributed by atoms with van der Waals surface area (Å²) in [6.07, 6.45) is 1.28. The highest BCUT2D eigenvalue weighted by Crippen LogP contribution is 2.28. The fraction of sp³-hybridized carbons (Fsp3) is 0.222. The van der Waals surface area contributed by atoms with Crippen LogP contribution in [0.15, 0.2) is 30.3 Å². The molecule has 3 N–H and O–H groups in total. The Morgan fingerprint density at radius 2 is 2.00 bits per heavy atom. The van der Waals surface area contributed by atoms with Crippen molar-refractivity contribution in [2.45, 2.75) is 6.42 Å². The fourth-order valence-corrected chi connectivity index (χ4v) is 2.43. The molecule has 0 aliphatic rings. The van der Waals surface area contributed by atoms with Crippen LogP contribution in [0, 0.1) is 0 Å². The van der Waals surface area contributed by atoms with Gasteiger partial charge in [-0.05, 0) is 0 Å². The van der Waals surface area contributed by atoms with Crippen molar-refractivity contribution in [2.75, 3.05) is 6.16 Å². The average molecular weight is 213 g/mol. The highest BCUT2D eigenvalue weighted by Gasteiger charge is 2.06. The van der Waals surface area contributed by atoms with Gasteiger partial charge >= 0.3 is 0 Å². The largest absolute Gasteiger partial charge is 0.393 e. The predicted octanol–water partition coefficient (Wildman–Crippen LogP) is 1.38. The predicted molar refractivity (Wildman–Crippen MR) is 61.5 cm³/mol. The van der Waals surface area contributed by atoms with E-state index in [1.54, 1.807) is 0 Å². The molecule has 1 aromatic carbocycles. The summed E-state index contributed by atoms with van der Waals surface area (Å²) >= 11 is 4.74. The van der Waals surface area contributed by atoms with Gasteiger partial charge in [0.15, 0.2) is 0 Å². The van der Waals surface area contributed by atoms with Crippen molar-refractivity contribution in [3.05, 3.63) is 30.3 Å². The van der Waals surface area contributed by atoms with E-state index >= 15 is 0 Å².